The monoisotopic (exact) mass is 394 g/mol. The highest BCUT2D eigenvalue weighted by Crippen LogP contribution is 2.49. The van der Waals surface area contributed by atoms with Gasteiger partial charge in [-0.05, 0) is 48.7 Å². The molecule has 0 radical (unpaired) electrons. The number of aromatic amines is 1. The molecule has 4 aromatic rings. The van der Waals surface area contributed by atoms with Gasteiger partial charge in [0, 0.05) is 16.1 Å². The van der Waals surface area contributed by atoms with Crippen LogP contribution < -0.4 is 5.32 Å². The predicted molar refractivity (Wildman–Crippen MR) is 108 cm³/mol. The van der Waals surface area contributed by atoms with Crippen molar-refractivity contribution in [3.63, 3.8) is 0 Å². The molecule has 0 saturated heterocycles. The van der Waals surface area contributed by atoms with Crippen LogP contribution in [0.3, 0.4) is 0 Å². The fourth-order valence-electron chi connectivity index (χ4n) is 3.33. The smallest absolute Gasteiger partial charge is 0.235 e. The Balaban J connectivity index is 1.41. The van der Waals surface area contributed by atoms with E-state index in [-0.39, 0.29) is 5.91 Å². The number of hydrogen-bond acceptors (Lipinski definition) is 4. The molecular weight excluding hydrogens is 380 g/mol. The Kier molecular flexibility index (Phi) is 3.77. The van der Waals surface area contributed by atoms with Crippen molar-refractivity contribution in [3.05, 3.63) is 63.9 Å². The summed E-state index contributed by atoms with van der Waals surface area (Å²) in [6.45, 7) is 0. The molecule has 0 spiro atoms. The molecule has 2 heterocycles. The van der Waals surface area contributed by atoms with Gasteiger partial charge in [0.25, 0.3) is 0 Å². The van der Waals surface area contributed by atoms with E-state index in [0.717, 1.165) is 46.6 Å². The summed E-state index contributed by atoms with van der Waals surface area (Å²) in [6.07, 6.45) is 1.69. The Labute approximate surface area is 164 Å². The third-order valence-electron chi connectivity index (χ3n) is 5.00. The van der Waals surface area contributed by atoms with Crippen molar-refractivity contribution in [3.8, 4) is 11.5 Å². The van der Waals surface area contributed by atoms with Crippen molar-refractivity contribution in [1.82, 2.24) is 15.0 Å². The molecule has 0 unspecified atom stereocenters. The fraction of sp³-hybridized carbons (Fsp3) is 0.150. The number of nitrogens with one attached hydrogen (secondary N) is 2. The Morgan fingerprint density at radius 1 is 1.19 bits per heavy atom. The van der Waals surface area contributed by atoms with Crippen LogP contribution in [-0.4, -0.2) is 20.9 Å². The van der Waals surface area contributed by atoms with E-state index in [0.29, 0.717) is 5.02 Å². The molecule has 1 amide bonds. The van der Waals surface area contributed by atoms with Gasteiger partial charge in [0.15, 0.2) is 5.82 Å². The molecule has 0 bridgehead atoms. The minimum atomic E-state index is -0.448. The molecule has 0 atom stereocenters. The van der Waals surface area contributed by atoms with Gasteiger partial charge < -0.3 is 10.3 Å². The number of benzene rings is 2. The quantitative estimate of drug-likeness (QED) is 0.511. The first-order valence-electron chi connectivity index (χ1n) is 8.60. The summed E-state index contributed by atoms with van der Waals surface area (Å²) >= 11 is 7.50. The molecule has 2 aromatic carbocycles. The van der Waals surface area contributed by atoms with Crippen LogP contribution in [0, 0.1) is 0 Å². The zero-order valence-electron chi connectivity index (χ0n) is 14.2. The minimum Gasteiger partial charge on any atom is -0.337 e. The average Bonchev–Trinajstić information content (AvgIpc) is 3.11. The number of rotatable bonds is 4. The first-order chi connectivity index (χ1) is 13.1. The topological polar surface area (TPSA) is 70.7 Å². The summed E-state index contributed by atoms with van der Waals surface area (Å²) in [6, 6.07) is 13.2. The van der Waals surface area contributed by atoms with E-state index in [9.17, 15) is 4.79 Å². The van der Waals surface area contributed by atoms with Crippen LogP contribution >= 0.6 is 22.9 Å². The third-order valence-corrected chi connectivity index (χ3v) is 5.84. The molecule has 1 saturated carbocycles. The van der Waals surface area contributed by atoms with E-state index in [1.165, 1.54) is 11.3 Å². The highest BCUT2D eigenvalue weighted by molar-refractivity contribution is 7.07. The zero-order valence-corrected chi connectivity index (χ0v) is 15.8. The third kappa shape index (κ3) is 2.91. The number of halogens is 1. The number of H-pyrrole nitrogens is 1. The highest BCUT2D eigenvalue weighted by Gasteiger charge is 2.51. The van der Waals surface area contributed by atoms with Gasteiger partial charge in [0.1, 0.15) is 5.69 Å². The number of fused-ring (bicyclic) bond motifs is 1. The van der Waals surface area contributed by atoms with E-state index >= 15 is 0 Å². The van der Waals surface area contributed by atoms with Gasteiger partial charge in [-0.1, -0.05) is 23.7 Å². The van der Waals surface area contributed by atoms with Crippen LogP contribution in [0.4, 0.5) is 5.69 Å². The Morgan fingerprint density at radius 2 is 2.00 bits per heavy atom. The van der Waals surface area contributed by atoms with E-state index in [2.05, 4.69) is 20.3 Å². The second-order valence-corrected chi connectivity index (χ2v) is 7.89. The lowest BCUT2D eigenvalue weighted by atomic mass is 9.95. The number of amides is 1. The number of nitrogens with zero attached hydrogens (tertiary/aromatic N) is 2. The first kappa shape index (κ1) is 16.5. The number of carbonyl (C=O) groups is 1. The first-order valence-corrected chi connectivity index (χ1v) is 9.92. The molecule has 1 aliphatic rings. The number of carbonyl (C=O) groups excluding carboxylic acids is 1. The summed E-state index contributed by atoms with van der Waals surface area (Å²) < 4.78 is 0. The molecule has 134 valence electrons. The molecule has 5 rings (SSSR count). The second-order valence-electron chi connectivity index (χ2n) is 6.73. The largest absolute Gasteiger partial charge is 0.337 e. The lowest BCUT2D eigenvalue weighted by Gasteiger charge is -2.16. The molecule has 7 heteroatoms. The summed E-state index contributed by atoms with van der Waals surface area (Å²) in [7, 11) is 0. The van der Waals surface area contributed by atoms with Crippen LogP contribution in [0.15, 0.2) is 53.4 Å². The lowest BCUT2D eigenvalue weighted by Crippen LogP contribution is -2.27. The lowest BCUT2D eigenvalue weighted by molar-refractivity contribution is -0.118. The second kappa shape index (κ2) is 6.18. The Hall–Kier alpha value is -2.70. The number of hydrogen-bond donors (Lipinski definition) is 2. The van der Waals surface area contributed by atoms with Gasteiger partial charge in [0.2, 0.25) is 5.91 Å². The fourth-order valence-corrected chi connectivity index (χ4v) is 3.99. The molecule has 1 aliphatic carbocycles. The minimum absolute atomic E-state index is 0.0134. The molecule has 2 N–H and O–H groups in total. The summed E-state index contributed by atoms with van der Waals surface area (Å²) in [5.41, 5.74) is 5.61. The van der Waals surface area contributed by atoms with Crippen LogP contribution in [0.1, 0.15) is 18.4 Å². The van der Waals surface area contributed by atoms with Gasteiger partial charge in [-0.25, -0.2) is 9.97 Å². The van der Waals surface area contributed by atoms with Crippen LogP contribution in [-0.2, 0) is 10.2 Å². The normalized spacial score (nSPS) is 15.0. The molecule has 27 heavy (non-hydrogen) atoms. The molecule has 2 aromatic heterocycles. The Bertz CT molecular complexity index is 1130. The van der Waals surface area contributed by atoms with Gasteiger partial charge in [0.05, 0.1) is 22.0 Å². The van der Waals surface area contributed by atoms with Crippen molar-refractivity contribution in [2.45, 2.75) is 18.3 Å². The van der Waals surface area contributed by atoms with E-state index in [1.54, 1.807) is 5.51 Å². The van der Waals surface area contributed by atoms with E-state index < -0.39 is 5.41 Å². The molecule has 1 fully saturated rings. The number of imidazole rings is 1. The molecule has 5 nitrogen and oxygen atoms in total. The number of anilines is 1. The van der Waals surface area contributed by atoms with Gasteiger partial charge in [-0.15, -0.1) is 11.3 Å². The molecular formula is C20H15ClN4OS. The predicted octanol–water partition coefficient (Wildman–Crippen LogP) is 5.01. The summed E-state index contributed by atoms with van der Waals surface area (Å²) in [5, 5.41) is 5.68. The standard InChI is InChI=1S/C20H15ClN4OS/c21-13-3-1-12(2-4-13)20(7-8-20)19(26)23-14-5-6-15-16(9-14)25-18(24-15)17-10-27-11-22-17/h1-6,9-11H,7-8H2,(H,23,26)(H,24,25). The van der Waals surface area contributed by atoms with Crippen molar-refractivity contribution in [2.24, 2.45) is 0 Å². The van der Waals surface area contributed by atoms with Crippen LogP contribution in [0.25, 0.3) is 22.6 Å². The van der Waals surface area contributed by atoms with Crippen LogP contribution in [0.2, 0.25) is 5.02 Å². The van der Waals surface area contributed by atoms with E-state index in [1.807, 2.05) is 47.8 Å². The maximum atomic E-state index is 12.9. The number of aromatic nitrogens is 3. The van der Waals surface area contributed by atoms with Gasteiger partial charge >= 0.3 is 0 Å². The van der Waals surface area contributed by atoms with E-state index in [4.69, 9.17) is 11.6 Å². The van der Waals surface area contributed by atoms with Crippen LogP contribution in [0.5, 0.6) is 0 Å². The maximum absolute atomic E-state index is 12.9. The molecule has 0 aliphatic heterocycles. The zero-order chi connectivity index (χ0) is 18.4. The Morgan fingerprint density at radius 3 is 2.70 bits per heavy atom. The van der Waals surface area contributed by atoms with Gasteiger partial charge in [-0.2, -0.15) is 0 Å². The highest BCUT2D eigenvalue weighted by atomic mass is 35.5. The van der Waals surface area contributed by atoms with Gasteiger partial charge in [-0.3, -0.25) is 4.79 Å². The van der Waals surface area contributed by atoms with Crippen molar-refractivity contribution < 1.29 is 4.79 Å². The SMILES string of the molecule is O=C(Nc1ccc2[nH]c(-c3cscn3)nc2c1)C1(c2ccc(Cl)cc2)CC1. The van der Waals surface area contributed by atoms with Crippen molar-refractivity contribution in [2.75, 3.05) is 5.32 Å². The number of thiazole rings is 1. The maximum Gasteiger partial charge on any atom is 0.235 e. The van der Waals surface area contributed by atoms with Crippen molar-refractivity contribution >= 4 is 45.6 Å². The van der Waals surface area contributed by atoms with Crippen molar-refractivity contribution in [1.29, 1.82) is 0 Å². The summed E-state index contributed by atoms with van der Waals surface area (Å²) in [4.78, 5) is 25.1. The average molecular weight is 395 g/mol. The summed E-state index contributed by atoms with van der Waals surface area (Å²) in [5.74, 6) is 0.744.